The molecule has 0 radical (unpaired) electrons. The first-order valence-corrected chi connectivity index (χ1v) is 22.9. The van der Waals surface area contributed by atoms with Crippen LogP contribution in [-0.4, -0.2) is 39.6 Å². The van der Waals surface area contributed by atoms with Gasteiger partial charge in [0.05, 0.1) is 39.6 Å². The molecule has 0 spiro atoms. The highest BCUT2D eigenvalue weighted by Gasteiger charge is 2.20. The second-order valence-corrected chi connectivity index (χ2v) is 15.5. The fraction of sp³-hybridized carbons (Fsp3) is 0.640. The molecule has 312 valence electrons. The third-order valence-corrected chi connectivity index (χ3v) is 10.7. The van der Waals surface area contributed by atoms with Crippen molar-refractivity contribution >= 4 is 32.3 Å². The Hall–Kier alpha value is -3.54. The Kier molecular flexibility index (Phi) is 21.3. The molecule has 0 bridgehead atoms. The van der Waals surface area contributed by atoms with Crippen LogP contribution in [0, 0.1) is 0 Å². The molecule has 0 unspecified atom stereocenters. The minimum Gasteiger partial charge on any atom is -0.490 e. The number of ether oxygens (including phenoxy) is 6. The molecule has 0 fully saturated rings. The van der Waals surface area contributed by atoms with Crippen molar-refractivity contribution < 1.29 is 28.4 Å². The lowest BCUT2D eigenvalue weighted by Gasteiger charge is -2.20. The van der Waals surface area contributed by atoms with Crippen LogP contribution in [0.2, 0.25) is 0 Å². The molecule has 4 aromatic rings. The van der Waals surface area contributed by atoms with Crippen molar-refractivity contribution in [1.29, 1.82) is 0 Å². The number of fused-ring (bicyclic) bond motifs is 6. The van der Waals surface area contributed by atoms with Crippen LogP contribution in [0.5, 0.6) is 34.5 Å². The van der Waals surface area contributed by atoms with E-state index in [2.05, 4.69) is 71.0 Å². The van der Waals surface area contributed by atoms with Crippen LogP contribution in [0.1, 0.15) is 170 Å². The van der Waals surface area contributed by atoms with Crippen LogP contribution >= 0.6 is 0 Å². The summed E-state index contributed by atoms with van der Waals surface area (Å²) in [5.74, 6) is 4.78. The average Bonchev–Trinajstić information content (AvgIpc) is 3.21. The van der Waals surface area contributed by atoms with Gasteiger partial charge in [-0.25, -0.2) is 0 Å². The van der Waals surface area contributed by atoms with Crippen molar-refractivity contribution in [1.82, 2.24) is 0 Å². The normalized spacial score (nSPS) is 11.5. The molecule has 0 heterocycles. The van der Waals surface area contributed by atoms with Crippen molar-refractivity contribution in [3.63, 3.8) is 0 Å². The first-order valence-electron chi connectivity index (χ1n) is 22.9. The van der Waals surface area contributed by atoms with E-state index in [1.54, 1.807) is 0 Å². The quantitative estimate of drug-likeness (QED) is 0.0364. The second kappa shape index (κ2) is 26.4. The number of unbranched alkanes of at least 4 members (excludes halogenated alkanes) is 15. The van der Waals surface area contributed by atoms with E-state index in [0.717, 1.165) is 131 Å². The number of hydrogen-bond acceptors (Lipinski definition) is 6. The summed E-state index contributed by atoms with van der Waals surface area (Å²) in [7, 11) is 0. The minimum atomic E-state index is 0.556. The Morgan fingerprint density at radius 2 is 0.446 bits per heavy atom. The summed E-state index contributed by atoms with van der Waals surface area (Å²) in [4.78, 5) is 0. The van der Waals surface area contributed by atoms with Crippen molar-refractivity contribution in [3.05, 3.63) is 36.4 Å². The highest BCUT2D eigenvalue weighted by atomic mass is 16.5. The summed E-state index contributed by atoms with van der Waals surface area (Å²) in [5.41, 5.74) is 0. The fourth-order valence-corrected chi connectivity index (χ4v) is 7.40. The highest BCUT2D eigenvalue weighted by Crippen LogP contribution is 2.47. The van der Waals surface area contributed by atoms with Gasteiger partial charge in [0.15, 0.2) is 34.5 Å². The largest absolute Gasteiger partial charge is 0.490 e. The molecule has 56 heavy (non-hydrogen) atoms. The molecule has 6 heteroatoms. The van der Waals surface area contributed by atoms with Gasteiger partial charge in [0.25, 0.3) is 0 Å². The summed E-state index contributed by atoms with van der Waals surface area (Å²) in [5, 5.41) is 6.63. The molecule has 4 aromatic carbocycles. The van der Waals surface area contributed by atoms with Gasteiger partial charge in [-0.2, -0.15) is 0 Å². The molecule has 0 atom stereocenters. The lowest BCUT2D eigenvalue weighted by atomic mass is 9.93. The summed E-state index contributed by atoms with van der Waals surface area (Å²) >= 11 is 0. The maximum absolute atomic E-state index is 6.61. The van der Waals surface area contributed by atoms with Crippen LogP contribution in [0.25, 0.3) is 32.3 Å². The van der Waals surface area contributed by atoms with Crippen LogP contribution in [0.3, 0.4) is 0 Å². The lowest BCUT2D eigenvalue weighted by molar-refractivity contribution is 0.259. The molecule has 0 aliphatic rings. The van der Waals surface area contributed by atoms with Crippen LogP contribution in [0.4, 0.5) is 0 Å². The zero-order chi connectivity index (χ0) is 39.8. The van der Waals surface area contributed by atoms with E-state index in [4.69, 9.17) is 28.4 Å². The second-order valence-electron chi connectivity index (χ2n) is 15.5. The molecule has 0 N–H and O–H groups in total. The van der Waals surface area contributed by atoms with Crippen molar-refractivity contribution in [3.8, 4) is 34.5 Å². The van der Waals surface area contributed by atoms with Crippen molar-refractivity contribution in [2.45, 2.75) is 170 Å². The van der Waals surface area contributed by atoms with Crippen LogP contribution in [-0.2, 0) is 0 Å². The van der Waals surface area contributed by atoms with Crippen LogP contribution < -0.4 is 28.4 Å². The zero-order valence-corrected chi connectivity index (χ0v) is 36.3. The Morgan fingerprint density at radius 3 is 0.625 bits per heavy atom. The number of benzene rings is 4. The highest BCUT2D eigenvalue weighted by molar-refractivity contribution is 6.26. The van der Waals surface area contributed by atoms with Gasteiger partial charge in [-0.15, -0.1) is 0 Å². The first kappa shape index (κ1) is 45.2. The summed E-state index contributed by atoms with van der Waals surface area (Å²) < 4.78 is 39.2. The minimum absolute atomic E-state index is 0.556. The standard InChI is InChI=1S/C50H76O6/c1-7-13-18-23-28-52-46-34-40-39(33-45(46)51-12-6)41-35-47(53-29-24-19-14-8-2)49(55-31-26-21-16-10-4)37-43(41)44-38-50(56-32-27-22-17-11-5)48(36-42(40)44)54-30-25-20-15-9-3/h33-38H,7-32H2,1-6H3. The fourth-order valence-electron chi connectivity index (χ4n) is 7.40. The number of rotatable bonds is 32. The van der Waals surface area contributed by atoms with Crippen molar-refractivity contribution in [2.24, 2.45) is 0 Å². The maximum Gasteiger partial charge on any atom is 0.161 e. The predicted octanol–water partition coefficient (Wildman–Crippen LogP) is 15.3. The summed E-state index contributed by atoms with van der Waals surface area (Å²) in [6.45, 7) is 17.1. The monoisotopic (exact) mass is 773 g/mol. The van der Waals surface area contributed by atoms with Gasteiger partial charge in [0.1, 0.15) is 0 Å². The van der Waals surface area contributed by atoms with E-state index in [1.165, 1.54) is 64.2 Å². The Labute approximate surface area is 340 Å². The summed E-state index contributed by atoms with van der Waals surface area (Å²) in [6.07, 6.45) is 23.0. The molecule has 0 amide bonds. The molecule has 4 rings (SSSR count). The number of hydrogen-bond donors (Lipinski definition) is 0. The third kappa shape index (κ3) is 13.8. The molecular weight excluding hydrogens is 697 g/mol. The SMILES string of the molecule is CCCCCCOc1cc2c(cc1OCC)c1cc(OCCCCCC)c(OCCCCCC)cc1c1cc(OCCCCCC)c(OCCCCCC)cc21. The summed E-state index contributed by atoms with van der Waals surface area (Å²) in [6, 6.07) is 13.2. The van der Waals surface area contributed by atoms with Gasteiger partial charge >= 0.3 is 0 Å². The lowest BCUT2D eigenvalue weighted by Crippen LogP contribution is -2.04. The van der Waals surface area contributed by atoms with E-state index in [-0.39, 0.29) is 0 Å². The average molecular weight is 773 g/mol. The van der Waals surface area contributed by atoms with E-state index < -0.39 is 0 Å². The van der Waals surface area contributed by atoms with Gasteiger partial charge in [-0.3, -0.25) is 0 Å². The topological polar surface area (TPSA) is 55.4 Å². The molecule has 0 aliphatic carbocycles. The molecule has 0 saturated heterocycles. The Bertz CT molecular complexity index is 1650. The molecular formula is C50H76O6. The smallest absolute Gasteiger partial charge is 0.161 e. The van der Waals surface area contributed by atoms with Gasteiger partial charge in [0.2, 0.25) is 0 Å². The first-order chi connectivity index (χ1) is 27.6. The van der Waals surface area contributed by atoms with Crippen LogP contribution in [0.15, 0.2) is 36.4 Å². The van der Waals surface area contributed by atoms with Gasteiger partial charge < -0.3 is 28.4 Å². The Balaban J connectivity index is 1.94. The molecule has 0 aliphatic heterocycles. The van der Waals surface area contributed by atoms with E-state index in [9.17, 15) is 0 Å². The molecule has 0 aromatic heterocycles. The van der Waals surface area contributed by atoms with E-state index in [1.807, 2.05) is 6.92 Å². The van der Waals surface area contributed by atoms with Gasteiger partial charge in [-0.05, 0) is 108 Å². The Morgan fingerprint density at radius 1 is 0.250 bits per heavy atom. The third-order valence-electron chi connectivity index (χ3n) is 10.7. The van der Waals surface area contributed by atoms with Gasteiger partial charge in [-0.1, -0.05) is 131 Å². The van der Waals surface area contributed by atoms with E-state index >= 15 is 0 Å². The van der Waals surface area contributed by atoms with Crippen molar-refractivity contribution in [2.75, 3.05) is 39.6 Å². The maximum atomic E-state index is 6.61. The predicted molar refractivity (Wildman–Crippen MR) is 238 cm³/mol. The van der Waals surface area contributed by atoms with E-state index in [0.29, 0.717) is 39.6 Å². The molecule has 6 nitrogen and oxygen atoms in total. The zero-order valence-electron chi connectivity index (χ0n) is 36.3. The van der Waals surface area contributed by atoms with Gasteiger partial charge in [0, 0.05) is 0 Å². The molecule has 0 saturated carbocycles.